The van der Waals surface area contributed by atoms with Crippen LogP contribution in [0.1, 0.15) is 164 Å². The van der Waals surface area contributed by atoms with Crippen LogP contribution < -0.4 is 0 Å². The Bertz CT molecular complexity index is 846. The van der Waals surface area contributed by atoms with Crippen LogP contribution in [0, 0.1) is 11.3 Å². The first-order valence-electron chi connectivity index (χ1n) is 19.4. The maximum Gasteiger partial charge on any atom is 0.115 e. The van der Waals surface area contributed by atoms with Crippen LogP contribution in [0.3, 0.4) is 0 Å². The summed E-state index contributed by atoms with van der Waals surface area (Å²) in [6.45, 7) is 30.0. The van der Waals surface area contributed by atoms with Crippen molar-refractivity contribution in [2.24, 2.45) is 0 Å². The summed E-state index contributed by atoms with van der Waals surface area (Å²) in [4.78, 5) is 0. The van der Waals surface area contributed by atoms with E-state index in [9.17, 15) is 0 Å². The molecule has 0 aliphatic heterocycles. The van der Waals surface area contributed by atoms with Crippen LogP contribution in [0.15, 0.2) is 24.3 Å². The quantitative estimate of drug-likeness (QED) is 0.0651. The third-order valence-corrected chi connectivity index (χ3v) is 8.88. The number of phenols is 1. The lowest BCUT2D eigenvalue weighted by atomic mass is 10.1. The topological polar surface area (TPSA) is 124 Å². The van der Waals surface area contributed by atoms with Gasteiger partial charge in [0.05, 0.1) is 64.0 Å². The van der Waals surface area contributed by atoms with Gasteiger partial charge in [-0.2, -0.15) is 5.26 Å². The lowest BCUT2D eigenvalue weighted by molar-refractivity contribution is -0.929. The lowest BCUT2D eigenvalue weighted by Crippen LogP contribution is -2.50. The van der Waals surface area contributed by atoms with Gasteiger partial charge in [-0.3, -0.25) is 8.42 Å². The molecule has 0 heterocycles. The molecule has 1 N–H and O–H groups in total. The molecule has 0 unspecified atom stereocenters. The smallest absolute Gasteiger partial charge is 0.115 e. The SMILES string of the molecule is CCCC[N+](CCCC)(CCCC)CCCC.CCCC[N+](CCCC)(CCCC)CCCC.N#Cc1ccc(O)cc1.O=S(=O)([O-])[O-]. The summed E-state index contributed by atoms with van der Waals surface area (Å²) in [5, 5.41) is 17.0. The third-order valence-electron chi connectivity index (χ3n) is 8.88. The normalized spacial score (nSPS) is 11.3. The van der Waals surface area contributed by atoms with E-state index in [1.807, 2.05) is 6.07 Å². The molecule has 0 bridgehead atoms. The Balaban J connectivity index is -0.000000610. The predicted molar refractivity (Wildman–Crippen MR) is 202 cm³/mol. The average molecular weight is 700 g/mol. The predicted octanol–water partition coefficient (Wildman–Crippen LogP) is 9.93. The van der Waals surface area contributed by atoms with Crippen molar-refractivity contribution in [2.45, 2.75) is 158 Å². The van der Waals surface area contributed by atoms with Gasteiger partial charge in [-0.1, -0.05) is 107 Å². The fourth-order valence-electron chi connectivity index (χ4n) is 5.83. The van der Waals surface area contributed by atoms with Crippen molar-refractivity contribution in [3.05, 3.63) is 29.8 Å². The fourth-order valence-corrected chi connectivity index (χ4v) is 5.83. The Kier molecular flexibility index (Phi) is 35.7. The van der Waals surface area contributed by atoms with Crippen molar-refractivity contribution in [1.82, 2.24) is 0 Å². The number of hydrogen-bond donors (Lipinski definition) is 1. The lowest BCUT2D eigenvalue weighted by Gasteiger charge is -2.39. The summed E-state index contributed by atoms with van der Waals surface area (Å²) in [5.74, 6) is 0.189. The monoisotopic (exact) mass is 700 g/mol. The van der Waals surface area contributed by atoms with Crippen LogP contribution in [-0.2, 0) is 10.4 Å². The number of benzene rings is 1. The highest BCUT2D eigenvalue weighted by atomic mass is 32.3. The minimum absolute atomic E-state index is 0.189. The number of quaternary nitrogens is 2. The van der Waals surface area contributed by atoms with Gasteiger partial charge in [0.25, 0.3) is 0 Å². The summed E-state index contributed by atoms with van der Waals surface area (Å²) in [7, 11) is -5.17. The number of nitrogens with zero attached hydrogens (tertiary/aromatic N) is 3. The van der Waals surface area contributed by atoms with Crippen molar-refractivity contribution in [3.8, 4) is 11.8 Å². The highest BCUT2D eigenvalue weighted by Gasteiger charge is 2.25. The van der Waals surface area contributed by atoms with Gasteiger partial charge >= 0.3 is 0 Å². The van der Waals surface area contributed by atoms with Crippen LogP contribution >= 0.6 is 0 Å². The average Bonchev–Trinajstić information content (AvgIpc) is 3.07. The Labute approximate surface area is 298 Å². The molecule has 0 radical (unpaired) electrons. The molecule has 48 heavy (non-hydrogen) atoms. The molecule has 284 valence electrons. The minimum Gasteiger partial charge on any atom is -0.759 e. The number of unbranched alkanes of at least 4 members (excludes halogenated alkanes) is 8. The zero-order valence-electron chi connectivity index (χ0n) is 32.6. The zero-order valence-corrected chi connectivity index (χ0v) is 33.4. The first kappa shape index (κ1) is 50.7. The number of rotatable bonds is 24. The molecule has 0 aliphatic carbocycles. The Hall–Kier alpha value is -1.70. The van der Waals surface area contributed by atoms with E-state index in [-0.39, 0.29) is 5.75 Å². The van der Waals surface area contributed by atoms with E-state index < -0.39 is 10.4 Å². The largest absolute Gasteiger partial charge is 0.759 e. The van der Waals surface area contributed by atoms with Crippen LogP contribution in [0.5, 0.6) is 5.75 Å². The summed E-state index contributed by atoms with van der Waals surface area (Å²) in [6, 6.07) is 8.04. The van der Waals surface area contributed by atoms with Crippen LogP contribution in [0.4, 0.5) is 0 Å². The second-order valence-corrected chi connectivity index (χ2v) is 14.2. The molecule has 0 aromatic heterocycles. The van der Waals surface area contributed by atoms with Gasteiger partial charge in [0, 0.05) is 10.4 Å². The molecular formula is C39H77N3O5S. The van der Waals surface area contributed by atoms with E-state index in [1.165, 1.54) is 176 Å². The molecule has 0 saturated heterocycles. The van der Waals surface area contributed by atoms with Crippen molar-refractivity contribution in [1.29, 1.82) is 5.26 Å². The maximum atomic E-state index is 8.74. The Morgan fingerprint density at radius 3 is 0.854 bits per heavy atom. The standard InChI is InChI=1S/2C16H36N.C7H5NO.H2O4S/c2*1-5-9-13-17(14-10-6-2,15-11-7-3)16-12-8-4;8-5-6-1-3-7(9)4-2-6;1-5(2,3)4/h2*5-16H2,1-4H3;1-4,9H;(H2,1,2,3,4)/q2*+1;;/p-2. The number of nitriles is 1. The Morgan fingerprint density at radius 1 is 0.521 bits per heavy atom. The molecule has 0 atom stereocenters. The molecular weight excluding hydrogens is 623 g/mol. The van der Waals surface area contributed by atoms with Crippen molar-refractivity contribution < 1.29 is 31.6 Å². The van der Waals surface area contributed by atoms with E-state index in [2.05, 4.69) is 55.4 Å². The molecule has 0 aliphatic rings. The molecule has 0 amide bonds. The van der Waals surface area contributed by atoms with Crippen molar-refractivity contribution in [3.63, 3.8) is 0 Å². The van der Waals surface area contributed by atoms with Crippen molar-refractivity contribution in [2.75, 3.05) is 52.4 Å². The third kappa shape index (κ3) is 32.8. The highest BCUT2D eigenvalue weighted by molar-refractivity contribution is 7.79. The molecule has 9 heteroatoms. The van der Waals surface area contributed by atoms with E-state index in [0.717, 1.165) is 0 Å². The fraction of sp³-hybridized carbons (Fsp3) is 0.821. The summed E-state index contributed by atoms with van der Waals surface area (Å²) < 4.78 is 36.9. The zero-order chi connectivity index (χ0) is 37.2. The second-order valence-electron chi connectivity index (χ2n) is 13.4. The van der Waals surface area contributed by atoms with Crippen LogP contribution in [-0.4, -0.2) is 84.0 Å². The molecule has 1 rings (SSSR count). The molecule has 0 spiro atoms. The summed E-state index contributed by atoms with van der Waals surface area (Å²) in [5.41, 5.74) is 0.563. The maximum absolute atomic E-state index is 8.74. The summed E-state index contributed by atoms with van der Waals surface area (Å²) >= 11 is 0. The molecule has 1 aromatic carbocycles. The number of phenolic OH excluding ortho intramolecular Hbond substituents is 1. The van der Waals surface area contributed by atoms with Gasteiger partial charge in [-0.15, -0.1) is 0 Å². The van der Waals surface area contributed by atoms with E-state index in [0.29, 0.717) is 5.56 Å². The summed E-state index contributed by atoms with van der Waals surface area (Å²) in [6.07, 6.45) is 22.1. The second kappa shape index (κ2) is 33.8. The van der Waals surface area contributed by atoms with Crippen LogP contribution in [0.25, 0.3) is 0 Å². The van der Waals surface area contributed by atoms with Crippen LogP contribution in [0.2, 0.25) is 0 Å². The van der Waals surface area contributed by atoms with E-state index >= 15 is 0 Å². The number of hydrogen-bond acceptors (Lipinski definition) is 6. The Morgan fingerprint density at radius 2 is 0.708 bits per heavy atom. The molecule has 0 saturated carbocycles. The van der Waals surface area contributed by atoms with Gasteiger partial charge in [-0.25, -0.2) is 0 Å². The molecule has 0 fully saturated rings. The molecule has 1 aromatic rings. The van der Waals surface area contributed by atoms with Gasteiger partial charge in [0.1, 0.15) is 5.75 Å². The minimum atomic E-state index is -5.17. The van der Waals surface area contributed by atoms with Crippen molar-refractivity contribution >= 4 is 10.4 Å². The van der Waals surface area contributed by atoms with E-state index in [1.54, 1.807) is 12.1 Å². The van der Waals surface area contributed by atoms with Gasteiger partial charge in [0.2, 0.25) is 0 Å². The first-order valence-corrected chi connectivity index (χ1v) is 20.7. The van der Waals surface area contributed by atoms with Gasteiger partial charge < -0.3 is 23.2 Å². The molecule has 8 nitrogen and oxygen atoms in total. The highest BCUT2D eigenvalue weighted by Crippen LogP contribution is 2.18. The van der Waals surface area contributed by atoms with E-state index in [4.69, 9.17) is 27.9 Å². The number of aromatic hydroxyl groups is 1. The van der Waals surface area contributed by atoms with Gasteiger partial charge in [0.15, 0.2) is 0 Å². The van der Waals surface area contributed by atoms with Gasteiger partial charge in [-0.05, 0) is 75.6 Å². The first-order chi connectivity index (χ1) is 22.8.